The van der Waals surface area contributed by atoms with Gasteiger partial charge in [-0.2, -0.15) is 0 Å². The van der Waals surface area contributed by atoms with Crippen LogP contribution in [0.15, 0.2) is 30.3 Å². The molecule has 1 aromatic carbocycles. The molecule has 3 amide bonds. The van der Waals surface area contributed by atoms with Crippen LogP contribution in [0.5, 0.6) is 0 Å². The third-order valence-electron chi connectivity index (χ3n) is 6.04. The molecular weight excluding hydrogens is 338 g/mol. The van der Waals surface area contributed by atoms with Gasteiger partial charge >= 0.3 is 6.03 Å². The molecule has 1 aromatic rings. The molecule has 148 valence electrons. The van der Waals surface area contributed by atoms with E-state index in [0.29, 0.717) is 37.9 Å². The molecule has 3 rings (SSSR count). The second-order valence-electron chi connectivity index (χ2n) is 8.02. The van der Waals surface area contributed by atoms with Crippen LogP contribution < -0.4 is 5.32 Å². The van der Waals surface area contributed by atoms with Gasteiger partial charge < -0.3 is 15.1 Å². The highest BCUT2D eigenvalue weighted by Gasteiger charge is 2.35. The number of amides is 3. The number of likely N-dealkylation sites (tertiary alicyclic amines) is 1. The predicted molar refractivity (Wildman–Crippen MR) is 107 cm³/mol. The zero-order valence-corrected chi connectivity index (χ0v) is 16.5. The Bertz CT molecular complexity index is 617. The van der Waals surface area contributed by atoms with Crippen LogP contribution in [0, 0.1) is 5.92 Å². The number of piperidine rings is 1. The zero-order valence-electron chi connectivity index (χ0n) is 16.5. The molecule has 27 heavy (non-hydrogen) atoms. The first-order valence-electron chi connectivity index (χ1n) is 10.5. The van der Waals surface area contributed by atoms with Crippen LogP contribution in [0.1, 0.15) is 56.9 Å². The van der Waals surface area contributed by atoms with Crippen molar-refractivity contribution in [2.24, 2.45) is 5.92 Å². The molecule has 5 nitrogen and oxygen atoms in total. The molecule has 1 aliphatic carbocycles. The van der Waals surface area contributed by atoms with Crippen LogP contribution in [-0.4, -0.2) is 47.9 Å². The van der Waals surface area contributed by atoms with Crippen molar-refractivity contribution in [3.63, 3.8) is 0 Å². The van der Waals surface area contributed by atoms with E-state index in [9.17, 15) is 9.59 Å². The fraction of sp³-hybridized carbons (Fsp3) is 0.636. The molecule has 1 N–H and O–H groups in total. The third kappa shape index (κ3) is 5.47. The number of fused-ring (bicyclic) bond motifs is 1. The molecule has 1 aliphatic heterocycles. The van der Waals surface area contributed by atoms with Crippen molar-refractivity contribution in [3.05, 3.63) is 35.9 Å². The molecule has 0 aromatic heterocycles. The second-order valence-corrected chi connectivity index (χ2v) is 8.02. The van der Waals surface area contributed by atoms with Crippen molar-refractivity contribution in [3.8, 4) is 0 Å². The Kier molecular flexibility index (Phi) is 7.13. The fourth-order valence-electron chi connectivity index (χ4n) is 4.55. The molecular formula is C22H33N3O2. The van der Waals surface area contributed by atoms with Gasteiger partial charge in [0.15, 0.2) is 0 Å². The van der Waals surface area contributed by atoms with E-state index < -0.39 is 0 Å². The van der Waals surface area contributed by atoms with Gasteiger partial charge in [0.25, 0.3) is 0 Å². The summed E-state index contributed by atoms with van der Waals surface area (Å²) in [5, 5.41) is 3.05. The van der Waals surface area contributed by atoms with E-state index in [-0.39, 0.29) is 11.9 Å². The SMILES string of the molecule is CN(Cc1ccccc1)C(=O)CCCNC(=O)N1CCCC2CCCCC21. The minimum atomic E-state index is 0.0664. The Morgan fingerprint density at radius 3 is 2.67 bits per heavy atom. The van der Waals surface area contributed by atoms with E-state index in [2.05, 4.69) is 10.2 Å². The lowest BCUT2D eigenvalue weighted by Gasteiger charge is -2.44. The maximum Gasteiger partial charge on any atom is 0.317 e. The average molecular weight is 372 g/mol. The van der Waals surface area contributed by atoms with Gasteiger partial charge in [0.2, 0.25) is 5.91 Å². The summed E-state index contributed by atoms with van der Waals surface area (Å²) >= 11 is 0. The largest absolute Gasteiger partial charge is 0.341 e. The van der Waals surface area contributed by atoms with Gasteiger partial charge in [-0.1, -0.05) is 43.2 Å². The van der Waals surface area contributed by atoms with Crippen molar-refractivity contribution in [1.82, 2.24) is 15.1 Å². The smallest absolute Gasteiger partial charge is 0.317 e. The molecule has 1 heterocycles. The van der Waals surface area contributed by atoms with Crippen LogP contribution in [0.4, 0.5) is 4.79 Å². The summed E-state index contributed by atoms with van der Waals surface area (Å²) in [7, 11) is 1.84. The lowest BCUT2D eigenvalue weighted by molar-refractivity contribution is -0.130. The van der Waals surface area contributed by atoms with Crippen molar-refractivity contribution < 1.29 is 9.59 Å². The molecule has 2 unspecified atom stereocenters. The number of carbonyl (C=O) groups is 2. The Hall–Kier alpha value is -2.04. The van der Waals surface area contributed by atoms with Gasteiger partial charge in [0.1, 0.15) is 0 Å². The van der Waals surface area contributed by atoms with Crippen LogP contribution in [-0.2, 0) is 11.3 Å². The summed E-state index contributed by atoms with van der Waals surface area (Å²) in [6, 6.07) is 10.5. The molecule has 1 saturated heterocycles. The van der Waals surface area contributed by atoms with Crippen LogP contribution >= 0.6 is 0 Å². The van der Waals surface area contributed by atoms with E-state index in [0.717, 1.165) is 24.9 Å². The lowest BCUT2D eigenvalue weighted by Crippen LogP contribution is -2.53. The summed E-state index contributed by atoms with van der Waals surface area (Å²) in [5.74, 6) is 0.824. The number of hydrogen-bond donors (Lipinski definition) is 1. The van der Waals surface area contributed by atoms with Gasteiger partial charge in [0, 0.05) is 39.1 Å². The zero-order chi connectivity index (χ0) is 19.1. The minimum absolute atomic E-state index is 0.0664. The van der Waals surface area contributed by atoms with Crippen molar-refractivity contribution >= 4 is 11.9 Å². The first-order valence-corrected chi connectivity index (χ1v) is 10.5. The molecule has 5 heteroatoms. The van der Waals surface area contributed by atoms with Crippen LogP contribution in [0.2, 0.25) is 0 Å². The highest BCUT2D eigenvalue weighted by molar-refractivity contribution is 5.76. The summed E-state index contributed by atoms with van der Waals surface area (Å²) < 4.78 is 0. The summed E-state index contributed by atoms with van der Waals surface area (Å²) in [4.78, 5) is 28.7. The molecule has 1 saturated carbocycles. The number of rotatable bonds is 6. The first-order chi connectivity index (χ1) is 13.1. The van der Waals surface area contributed by atoms with Gasteiger partial charge in [-0.05, 0) is 43.6 Å². The van der Waals surface area contributed by atoms with E-state index in [1.54, 1.807) is 4.90 Å². The van der Waals surface area contributed by atoms with Gasteiger partial charge in [-0.25, -0.2) is 4.79 Å². The number of hydrogen-bond acceptors (Lipinski definition) is 2. The van der Waals surface area contributed by atoms with Gasteiger partial charge in [0.05, 0.1) is 0 Å². The molecule has 0 radical (unpaired) electrons. The Labute approximate surface area is 163 Å². The number of nitrogens with zero attached hydrogens (tertiary/aromatic N) is 2. The number of benzene rings is 1. The Balaban J connectivity index is 1.36. The minimum Gasteiger partial charge on any atom is -0.341 e. The van der Waals surface area contributed by atoms with Crippen molar-refractivity contribution in [2.75, 3.05) is 20.1 Å². The Morgan fingerprint density at radius 2 is 1.85 bits per heavy atom. The predicted octanol–water partition coefficient (Wildman–Crippen LogP) is 3.79. The third-order valence-corrected chi connectivity index (χ3v) is 6.04. The number of urea groups is 1. The molecule has 2 fully saturated rings. The molecule has 2 atom stereocenters. The van der Waals surface area contributed by atoms with E-state index >= 15 is 0 Å². The molecule has 2 aliphatic rings. The topological polar surface area (TPSA) is 52.7 Å². The average Bonchev–Trinajstić information content (AvgIpc) is 2.71. The van der Waals surface area contributed by atoms with E-state index in [1.807, 2.05) is 37.4 Å². The summed E-state index contributed by atoms with van der Waals surface area (Å²) in [6.45, 7) is 2.08. The van der Waals surface area contributed by atoms with E-state index in [1.165, 1.54) is 25.7 Å². The van der Waals surface area contributed by atoms with E-state index in [4.69, 9.17) is 0 Å². The van der Waals surface area contributed by atoms with Gasteiger partial charge in [-0.3, -0.25) is 4.79 Å². The molecule has 0 bridgehead atoms. The second kappa shape index (κ2) is 9.77. The number of nitrogens with one attached hydrogen (secondary N) is 1. The molecule has 0 spiro atoms. The summed E-state index contributed by atoms with van der Waals surface area (Å²) in [5.41, 5.74) is 1.13. The lowest BCUT2D eigenvalue weighted by atomic mass is 9.78. The van der Waals surface area contributed by atoms with Crippen molar-refractivity contribution in [1.29, 1.82) is 0 Å². The van der Waals surface area contributed by atoms with Crippen LogP contribution in [0.3, 0.4) is 0 Å². The summed E-state index contributed by atoms with van der Waals surface area (Å²) in [6.07, 6.45) is 8.54. The standard InChI is InChI=1S/C22H33N3O2/c1-24(17-18-9-3-2-4-10-18)21(26)14-7-15-23-22(27)25-16-8-12-19-11-5-6-13-20(19)25/h2-4,9-10,19-20H,5-8,11-17H2,1H3,(H,23,27). The highest BCUT2D eigenvalue weighted by atomic mass is 16.2. The maximum absolute atomic E-state index is 12.6. The fourth-order valence-corrected chi connectivity index (χ4v) is 4.55. The first kappa shape index (κ1) is 19.7. The highest BCUT2D eigenvalue weighted by Crippen LogP contribution is 2.35. The maximum atomic E-state index is 12.6. The quantitative estimate of drug-likeness (QED) is 0.774. The monoisotopic (exact) mass is 371 g/mol. The number of carbonyl (C=O) groups excluding carboxylic acids is 2. The van der Waals surface area contributed by atoms with Crippen LogP contribution in [0.25, 0.3) is 0 Å². The van der Waals surface area contributed by atoms with Gasteiger partial charge in [-0.15, -0.1) is 0 Å². The van der Waals surface area contributed by atoms with Crippen molar-refractivity contribution in [2.45, 2.75) is 64.0 Å². The normalized spacial score (nSPS) is 22.0. The Morgan fingerprint density at radius 1 is 1.11 bits per heavy atom.